The van der Waals surface area contributed by atoms with E-state index in [0.29, 0.717) is 0 Å². The number of alkyl halides is 3. The summed E-state index contributed by atoms with van der Waals surface area (Å²) in [5.41, 5.74) is 1.43. The van der Waals surface area contributed by atoms with Crippen LogP contribution in [0.4, 0.5) is 13.2 Å². The highest BCUT2D eigenvalue weighted by Gasteiger charge is 2.38. The molecule has 0 aliphatic carbocycles. The number of carboxylic acids is 1. The molecule has 2 aromatic rings. The summed E-state index contributed by atoms with van der Waals surface area (Å²) in [4.78, 5) is 26.3. The average Bonchev–Trinajstić information content (AvgIpc) is 2.28. The third-order valence-electron chi connectivity index (χ3n) is 1.73. The number of aromatic nitrogens is 2. The molecule has 0 aliphatic heterocycles. The fourth-order valence-corrected chi connectivity index (χ4v) is 0.985. The number of halogens is 3. The van der Waals surface area contributed by atoms with Crippen molar-refractivity contribution < 1.29 is 23.1 Å². The van der Waals surface area contributed by atoms with Gasteiger partial charge in [-0.05, 0) is 12.1 Å². The summed E-state index contributed by atoms with van der Waals surface area (Å²) in [7, 11) is 0. The fourth-order valence-electron chi connectivity index (χ4n) is 0.985. The van der Waals surface area contributed by atoms with Crippen LogP contribution in [-0.4, -0.2) is 27.2 Å². The molecule has 1 heterocycles. The van der Waals surface area contributed by atoms with Gasteiger partial charge in [0.15, 0.2) is 0 Å². The lowest BCUT2D eigenvalue weighted by atomic mass is 10.3. The first-order valence-electron chi connectivity index (χ1n) is 4.55. The number of hydrogen-bond donors (Lipinski definition) is 2. The van der Waals surface area contributed by atoms with E-state index in [4.69, 9.17) is 9.90 Å². The normalized spacial score (nSPS) is 10.6. The molecule has 0 spiro atoms. The lowest BCUT2D eigenvalue weighted by Gasteiger charge is -1.93. The minimum Gasteiger partial charge on any atom is -0.475 e. The van der Waals surface area contributed by atoms with Crippen molar-refractivity contribution in [2.45, 2.75) is 6.18 Å². The first kappa shape index (κ1) is 13.7. The minimum atomic E-state index is -5.08. The Morgan fingerprint density at radius 2 is 1.83 bits per heavy atom. The monoisotopic (exact) mass is 260 g/mol. The Hall–Kier alpha value is -2.38. The molecule has 0 bridgehead atoms. The van der Waals surface area contributed by atoms with Gasteiger partial charge in [-0.15, -0.1) is 0 Å². The molecule has 1 aromatic carbocycles. The molecular weight excluding hydrogens is 253 g/mol. The maximum absolute atomic E-state index is 10.8. The van der Waals surface area contributed by atoms with Gasteiger partial charge in [-0.3, -0.25) is 4.79 Å². The molecule has 0 fully saturated rings. The molecule has 2 rings (SSSR count). The van der Waals surface area contributed by atoms with E-state index in [9.17, 15) is 18.0 Å². The van der Waals surface area contributed by atoms with E-state index in [1.54, 1.807) is 0 Å². The number of benzene rings is 1. The first-order chi connectivity index (χ1) is 8.30. The Bertz CT molecular complexity index is 607. The summed E-state index contributed by atoms with van der Waals surface area (Å²) in [5, 5.41) is 7.12. The highest BCUT2D eigenvalue weighted by molar-refractivity contribution is 5.73. The number of rotatable bonds is 0. The number of carboxylic acid groups (broad SMARTS) is 1. The van der Waals surface area contributed by atoms with E-state index in [2.05, 4.69) is 9.97 Å². The van der Waals surface area contributed by atoms with E-state index in [-0.39, 0.29) is 5.56 Å². The van der Waals surface area contributed by atoms with Crippen LogP contribution in [0.3, 0.4) is 0 Å². The minimum absolute atomic E-state index is 0.163. The Kier molecular flexibility index (Phi) is 4.03. The maximum atomic E-state index is 10.8. The van der Waals surface area contributed by atoms with E-state index in [0.717, 1.165) is 11.0 Å². The van der Waals surface area contributed by atoms with Crippen LogP contribution in [0, 0.1) is 0 Å². The highest BCUT2D eigenvalue weighted by atomic mass is 19.4. The average molecular weight is 260 g/mol. The molecule has 0 amide bonds. The quantitative estimate of drug-likeness (QED) is 0.752. The smallest absolute Gasteiger partial charge is 0.475 e. The van der Waals surface area contributed by atoms with Crippen molar-refractivity contribution in [2.75, 3.05) is 0 Å². The number of fused-ring (bicyclic) bond motifs is 1. The van der Waals surface area contributed by atoms with Crippen molar-refractivity contribution in [2.24, 2.45) is 0 Å². The maximum Gasteiger partial charge on any atom is 0.490 e. The van der Waals surface area contributed by atoms with Crippen molar-refractivity contribution in [3.63, 3.8) is 0 Å². The standard InChI is InChI=1S/C8H6N2O.C2HF3O2/c11-8-5-9-6-3-1-2-4-7(6)10-8;3-2(4,5)1(6)7/h1-5H,(H,10,11);(H,6,7). The third-order valence-corrected chi connectivity index (χ3v) is 1.73. The van der Waals surface area contributed by atoms with Gasteiger partial charge in [-0.2, -0.15) is 13.2 Å². The molecule has 0 saturated carbocycles. The van der Waals surface area contributed by atoms with Crippen molar-refractivity contribution in [3.05, 3.63) is 40.8 Å². The summed E-state index contributed by atoms with van der Waals surface area (Å²) in [6.45, 7) is 0. The fraction of sp³-hybridized carbons (Fsp3) is 0.100. The number of hydrogen-bond acceptors (Lipinski definition) is 3. The zero-order chi connectivity index (χ0) is 13.8. The van der Waals surface area contributed by atoms with Crippen molar-refractivity contribution >= 4 is 17.0 Å². The van der Waals surface area contributed by atoms with Gasteiger partial charge in [0.05, 0.1) is 17.2 Å². The molecule has 0 aliphatic rings. The Labute approximate surface area is 97.9 Å². The van der Waals surface area contributed by atoms with E-state index in [1.165, 1.54) is 6.20 Å². The van der Waals surface area contributed by atoms with Gasteiger partial charge < -0.3 is 10.1 Å². The number of nitrogens with zero attached hydrogens (tertiary/aromatic N) is 1. The second-order valence-corrected chi connectivity index (χ2v) is 3.07. The number of para-hydroxylation sites is 2. The summed E-state index contributed by atoms with van der Waals surface area (Å²) in [6, 6.07) is 7.42. The lowest BCUT2D eigenvalue weighted by Crippen LogP contribution is -2.21. The van der Waals surface area contributed by atoms with E-state index >= 15 is 0 Å². The van der Waals surface area contributed by atoms with Crippen LogP contribution < -0.4 is 5.56 Å². The molecule has 96 valence electrons. The van der Waals surface area contributed by atoms with Gasteiger partial charge in [-0.1, -0.05) is 12.1 Å². The lowest BCUT2D eigenvalue weighted by molar-refractivity contribution is -0.192. The summed E-state index contributed by atoms with van der Waals surface area (Å²) in [5.74, 6) is -2.76. The number of nitrogens with one attached hydrogen (secondary N) is 1. The van der Waals surface area contributed by atoms with E-state index in [1.807, 2.05) is 24.3 Å². The van der Waals surface area contributed by atoms with Gasteiger partial charge >= 0.3 is 12.1 Å². The van der Waals surface area contributed by atoms with Crippen LogP contribution >= 0.6 is 0 Å². The Morgan fingerprint density at radius 3 is 2.39 bits per heavy atom. The molecule has 8 heteroatoms. The molecule has 0 saturated heterocycles. The molecule has 0 radical (unpaired) electrons. The second kappa shape index (κ2) is 5.30. The molecule has 5 nitrogen and oxygen atoms in total. The number of H-pyrrole nitrogens is 1. The van der Waals surface area contributed by atoms with Crippen molar-refractivity contribution in [1.82, 2.24) is 9.97 Å². The van der Waals surface area contributed by atoms with Crippen LogP contribution in [-0.2, 0) is 4.79 Å². The number of aliphatic carboxylic acids is 1. The predicted octanol–water partition coefficient (Wildman–Crippen LogP) is 1.56. The Morgan fingerprint density at radius 1 is 1.28 bits per heavy atom. The highest BCUT2D eigenvalue weighted by Crippen LogP contribution is 2.13. The van der Waals surface area contributed by atoms with Crippen molar-refractivity contribution in [3.8, 4) is 0 Å². The van der Waals surface area contributed by atoms with Crippen molar-refractivity contribution in [1.29, 1.82) is 0 Å². The summed E-state index contributed by atoms with van der Waals surface area (Å²) < 4.78 is 31.7. The van der Waals surface area contributed by atoms with Gasteiger partial charge in [0, 0.05) is 0 Å². The largest absolute Gasteiger partial charge is 0.490 e. The predicted molar refractivity (Wildman–Crippen MR) is 56.1 cm³/mol. The molecule has 2 N–H and O–H groups in total. The zero-order valence-corrected chi connectivity index (χ0v) is 8.73. The first-order valence-corrected chi connectivity index (χ1v) is 4.55. The molecular formula is C10H7F3N2O3. The van der Waals surface area contributed by atoms with Crippen LogP contribution in [0.1, 0.15) is 0 Å². The topological polar surface area (TPSA) is 83.0 Å². The molecule has 0 atom stereocenters. The number of aromatic amines is 1. The molecule has 0 unspecified atom stereocenters. The van der Waals surface area contributed by atoms with Gasteiger partial charge in [0.1, 0.15) is 0 Å². The second-order valence-electron chi connectivity index (χ2n) is 3.07. The molecule has 1 aromatic heterocycles. The summed E-state index contributed by atoms with van der Waals surface area (Å²) in [6.07, 6.45) is -3.80. The Balaban J connectivity index is 0.000000203. The SMILES string of the molecule is O=C(O)C(F)(F)F.O=c1cnc2ccccc2[nH]1. The van der Waals surface area contributed by atoms with Gasteiger partial charge in [0.25, 0.3) is 5.56 Å². The van der Waals surface area contributed by atoms with Crippen LogP contribution in [0.25, 0.3) is 11.0 Å². The van der Waals surface area contributed by atoms with Crippen LogP contribution in [0.15, 0.2) is 35.3 Å². The van der Waals surface area contributed by atoms with Crippen LogP contribution in [0.2, 0.25) is 0 Å². The van der Waals surface area contributed by atoms with Crippen LogP contribution in [0.5, 0.6) is 0 Å². The summed E-state index contributed by atoms with van der Waals surface area (Å²) >= 11 is 0. The third kappa shape index (κ3) is 3.89. The molecule has 18 heavy (non-hydrogen) atoms. The van der Waals surface area contributed by atoms with Gasteiger partial charge in [-0.25, -0.2) is 9.78 Å². The zero-order valence-electron chi connectivity index (χ0n) is 8.73. The van der Waals surface area contributed by atoms with E-state index < -0.39 is 12.1 Å². The van der Waals surface area contributed by atoms with Gasteiger partial charge in [0.2, 0.25) is 0 Å². The number of carbonyl (C=O) groups is 1.